The molecule has 2 N–H and O–H groups in total. The summed E-state index contributed by atoms with van der Waals surface area (Å²) in [7, 11) is 0. The molecule has 0 saturated heterocycles. The Hall–Kier alpha value is -0.710. The van der Waals surface area contributed by atoms with E-state index in [9.17, 15) is 9.59 Å². The Morgan fingerprint density at radius 3 is 2.44 bits per heavy atom. The molecule has 0 aliphatic rings. The van der Waals surface area contributed by atoms with Crippen molar-refractivity contribution < 1.29 is 9.59 Å². The van der Waals surface area contributed by atoms with Crippen LogP contribution in [0.1, 0.15) is 0 Å². The molecule has 1 radical (unpaired) electrons. The summed E-state index contributed by atoms with van der Waals surface area (Å²) in [5.41, 5.74) is 4.72. The Morgan fingerprint density at radius 1 is 1.78 bits per heavy atom. The fourth-order valence-corrected chi connectivity index (χ4v) is 0.501. The molecule has 0 rings (SSSR count). The Morgan fingerprint density at radius 2 is 2.33 bits per heavy atom. The summed E-state index contributed by atoms with van der Waals surface area (Å²) in [6.45, 7) is 0.210. The Bertz CT molecular complexity index is 117. The van der Waals surface area contributed by atoms with Crippen LogP contribution in [0.4, 0.5) is 4.79 Å². The van der Waals surface area contributed by atoms with Gasteiger partial charge < -0.3 is 5.73 Å². The van der Waals surface area contributed by atoms with E-state index >= 15 is 0 Å². The number of hydrogen-bond donors (Lipinski definition) is 2. The van der Waals surface area contributed by atoms with Crippen molar-refractivity contribution in [3.05, 3.63) is 0 Å². The molecular formula is C4H7N2O2S. The lowest BCUT2D eigenvalue weighted by Crippen LogP contribution is -2.35. The van der Waals surface area contributed by atoms with Gasteiger partial charge in [-0.05, 0) is 0 Å². The van der Waals surface area contributed by atoms with Gasteiger partial charge >= 0.3 is 12.4 Å². The minimum Gasteiger partial charge on any atom is -0.351 e. The monoisotopic (exact) mass is 147 g/mol. The molecule has 0 saturated carbocycles. The maximum atomic E-state index is 10.2. The lowest BCUT2D eigenvalue weighted by molar-refractivity contribution is 0.230. The number of primary amides is 1. The maximum absolute atomic E-state index is 10.2. The van der Waals surface area contributed by atoms with Crippen LogP contribution in [-0.4, -0.2) is 29.6 Å². The molecular weight excluding hydrogens is 140 g/mol. The third-order valence-electron chi connectivity index (χ3n) is 0.700. The Kier molecular flexibility index (Phi) is 3.87. The Labute approximate surface area is 58.4 Å². The number of carbonyl (C=O) groups excluding carboxylic acids is 2. The van der Waals surface area contributed by atoms with Gasteiger partial charge in [-0.1, -0.05) is 0 Å². The van der Waals surface area contributed by atoms with Gasteiger partial charge in [0.05, 0.1) is 0 Å². The van der Waals surface area contributed by atoms with Crippen molar-refractivity contribution in [1.29, 1.82) is 0 Å². The van der Waals surface area contributed by atoms with Crippen LogP contribution in [0.2, 0.25) is 0 Å². The molecule has 51 valence electrons. The number of nitrogens with two attached hydrogens (primary N) is 1. The highest BCUT2D eigenvalue weighted by molar-refractivity contribution is 7.80. The van der Waals surface area contributed by atoms with Crippen LogP contribution in [0.15, 0.2) is 0 Å². The Balaban J connectivity index is 3.68. The highest BCUT2D eigenvalue weighted by Gasteiger charge is 2.05. The van der Waals surface area contributed by atoms with E-state index in [0.29, 0.717) is 5.75 Å². The molecule has 0 aromatic carbocycles. The molecule has 0 unspecified atom stereocenters. The highest BCUT2D eigenvalue weighted by Crippen LogP contribution is 1.82. The molecule has 5 heteroatoms. The fourth-order valence-electron chi connectivity index (χ4n) is 0.301. The molecule has 3 amide bonds. The number of urea groups is 1. The summed E-state index contributed by atoms with van der Waals surface area (Å²) in [5, 5.41) is 0. The first-order valence-corrected chi connectivity index (χ1v) is 2.91. The lowest BCUT2D eigenvalue weighted by Gasteiger charge is -2.07. The number of rotatable bonds is 3. The van der Waals surface area contributed by atoms with Crippen LogP contribution >= 0.6 is 12.6 Å². The number of amides is 3. The summed E-state index contributed by atoms with van der Waals surface area (Å²) in [4.78, 5) is 20.7. The van der Waals surface area contributed by atoms with E-state index in [2.05, 4.69) is 12.6 Å². The number of nitrogens with zero attached hydrogens (tertiary/aromatic N) is 1. The van der Waals surface area contributed by atoms with Crippen molar-refractivity contribution in [2.75, 3.05) is 12.3 Å². The number of thiol groups is 1. The van der Waals surface area contributed by atoms with E-state index < -0.39 is 6.03 Å². The van der Waals surface area contributed by atoms with Crippen LogP contribution < -0.4 is 5.73 Å². The summed E-state index contributed by atoms with van der Waals surface area (Å²) < 4.78 is 0. The normalized spacial score (nSPS) is 8.56. The van der Waals surface area contributed by atoms with Gasteiger partial charge in [-0.3, -0.25) is 9.69 Å². The van der Waals surface area contributed by atoms with E-state index in [1.807, 2.05) is 0 Å². The molecule has 0 fully saturated rings. The molecule has 0 atom stereocenters. The number of imide groups is 1. The zero-order valence-electron chi connectivity index (χ0n) is 4.70. The highest BCUT2D eigenvalue weighted by atomic mass is 32.1. The third kappa shape index (κ3) is 2.97. The fraction of sp³-hybridized carbons (Fsp3) is 0.500. The maximum Gasteiger partial charge on any atom is 0.321 e. The van der Waals surface area contributed by atoms with Gasteiger partial charge in [0.1, 0.15) is 0 Å². The van der Waals surface area contributed by atoms with Crippen LogP contribution in [0, 0.1) is 0 Å². The van der Waals surface area contributed by atoms with E-state index in [4.69, 9.17) is 5.73 Å². The number of hydrogen-bond acceptors (Lipinski definition) is 3. The molecule has 0 aromatic heterocycles. The second-order valence-electron chi connectivity index (χ2n) is 1.30. The minimum atomic E-state index is -0.793. The quantitative estimate of drug-likeness (QED) is 0.412. The second kappa shape index (κ2) is 4.20. The summed E-state index contributed by atoms with van der Waals surface area (Å²) in [6.07, 6.45) is 1.36. The van der Waals surface area contributed by atoms with E-state index in [-0.39, 0.29) is 6.54 Å². The SMILES string of the molecule is NC(=O)N([C]=O)CCS. The first kappa shape index (κ1) is 8.29. The third-order valence-corrected chi connectivity index (χ3v) is 0.900. The van der Waals surface area contributed by atoms with Gasteiger partial charge in [-0.25, -0.2) is 4.79 Å². The van der Waals surface area contributed by atoms with Crippen molar-refractivity contribution in [3.63, 3.8) is 0 Å². The second-order valence-corrected chi connectivity index (χ2v) is 1.75. The zero-order valence-corrected chi connectivity index (χ0v) is 5.60. The summed E-state index contributed by atoms with van der Waals surface area (Å²) in [6, 6.07) is -0.793. The van der Waals surface area contributed by atoms with Crippen molar-refractivity contribution in [2.45, 2.75) is 0 Å². The molecule has 0 heterocycles. The first-order chi connectivity index (χ1) is 4.22. The van der Waals surface area contributed by atoms with Gasteiger partial charge in [-0.2, -0.15) is 12.6 Å². The molecule has 9 heavy (non-hydrogen) atoms. The molecule has 0 bridgehead atoms. The standard InChI is InChI=1S/C4H7N2O2S/c5-4(8)6(3-7)1-2-9/h9H,1-2H2,(H2,5,8). The number of carbonyl (C=O) groups is 1. The lowest BCUT2D eigenvalue weighted by atomic mass is 10.6. The van der Waals surface area contributed by atoms with Crippen molar-refractivity contribution >= 4 is 25.1 Å². The van der Waals surface area contributed by atoms with Gasteiger partial charge in [-0.15, -0.1) is 0 Å². The largest absolute Gasteiger partial charge is 0.351 e. The van der Waals surface area contributed by atoms with Crippen molar-refractivity contribution in [3.8, 4) is 0 Å². The molecule has 0 spiro atoms. The average Bonchev–Trinajstić information content (AvgIpc) is 1.82. The predicted molar refractivity (Wildman–Crippen MR) is 35.8 cm³/mol. The summed E-state index contributed by atoms with van der Waals surface area (Å²) >= 11 is 3.78. The van der Waals surface area contributed by atoms with Gasteiger partial charge in [0, 0.05) is 12.3 Å². The van der Waals surface area contributed by atoms with Crippen molar-refractivity contribution in [2.24, 2.45) is 5.73 Å². The minimum absolute atomic E-state index is 0.210. The molecule has 4 nitrogen and oxygen atoms in total. The van der Waals surface area contributed by atoms with E-state index in [1.54, 1.807) is 0 Å². The average molecular weight is 147 g/mol. The van der Waals surface area contributed by atoms with E-state index in [1.165, 1.54) is 6.41 Å². The van der Waals surface area contributed by atoms with Crippen LogP contribution in [0.25, 0.3) is 0 Å². The van der Waals surface area contributed by atoms with Crippen LogP contribution in [-0.2, 0) is 4.79 Å². The van der Waals surface area contributed by atoms with Crippen LogP contribution in [0.5, 0.6) is 0 Å². The summed E-state index contributed by atoms with van der Waals surface area (Å²) in [5.74, 6) is 0.401. The van der Waals surface area contributed by atoms with Gasteiger partial charge in [0.25, 0.3) is 0 Å². The smallest absolute Gasteiger partial charge is 0.321 e. The van der Waals surface area contributed by atoms with Gasteiger partial charge in [0.2, 0.25) is 0 Å². The zero-order chi connectivity index (χ0) is 7.28. The molecule has 0 aromatic rings. The predicted octanol–water partition coefficient (Wildman–Crippen LogP) is -0.636. The molecule has 0 aliphatic carbocycles. The van der Waals surface area contributed by atoms with Crippen LogP contribution in [0.3, 0.4) is 0 Å². The first-order valence-electron chi connectivity index (χ1n) is 2.28. The molecule has 0 aliphatic heterocycles. The van der Waals surface area contributed by atoms with Gasteiger partial charge in [0.15, 0.2) is 0 Å². The van der Waals surface area contributed by atoms with Crippen molar-refractivity contribution in [1.82, 2.24) is 4.90 Å². The topological polar surface area (TPSA) is 63.4 Å². The van der Waals surface area contributed by atoms with E-state index in [0.717, 1.165) is 4.90 Å².